The van der Waals surface area contributed by atoms with Crippen LogP contribution in [-0.2, 0) is 11.4 Å². The summed E-state index contributed by atoms with van der Waals surface area (Å²) in [5.41, 5.74) is 4.31. The molecule has 0 fully saturated rings. The van der Waals surface area contributed by atoms with Gasteiger partial charge in [0.2, 0.25) is 5.91 Å². The van der Waals surface area contributed by atoms with E-state index in [0.717, 1.165) is 28.1 Å². The molecule has 0 aliphatic carbocycles. The van der Waals surface area contributed by atoms with E-state index in [0.29, 0.717) is 35.3 Å². The number of halogens is 1. The number of hydrogen-bond acceptors (Lipinski definition) is 6. The number of aryl methyl sites for hydroxylation is 1. The normalized spacial score (nSPS) is 15.1. The Morgan fingerprint density at radius 2 is 1.91 bits per heavy atom. The van der Waals surface area contributed by atoms with Crippen LogP contribution in [0.5, 0.6) is 5.75 Å². The van der Waals surface area contributed by atoms with Crippen LogP contribution in [0.3, 0.4) is 0 Å². The number of benzene rings is 2. The van der Waals surface area contributed by atoms with Crippen LogP contribution in [0.25, 0.3) is 11.5 Å². The van der Waals surface area contributed by atoms with E-state index in [2.05, 4.69) is 20.6 Å². The van der Waals surface area contributed by atoms with Gasteiger partial charge in [-0.1, -0.05) is 41.9 Å². The first-order chi connectivity index (χ1) is 17.1. The van der Waals surface area contributed by atoms with Gasteiger partial charge in [-0.25, -0.2) is 0 Å². The van der Waals surface area contributed by atoms with Crippen LogP contribution < -0.4 is 10.1 Å². The van der Waals surface area contributed by atoms with Crippen molar-refractivity contribution in [1.82, 2.24) is 29.6 Å². The molecule has 174 valence electrons. The number of nitrogens with zero attached hydrogens (tertiary/aromatic N) is 6. The maximum atomic E-state index is 12.8. The van der Waals surface area contributed by atoms with Gasteiger partial charge >= 0.3 is 0 Å². The van der Waals surface area contributed by atoms with Gasteiger partial charge < -0.3 is 10.1 Å². The largest absolute Gasteiger partial charge is 0.489 e. The fourth-order valence-electron chi connectivity index (χ4n) is 4.45. The Morgan fingerprint density at radius 1 is 1.09 bits per heavy atom. The molecule has 4 heterocycles. The molecule has 1 N–H and O–H groups in total. The summed E-state index contributed by atoms with van der Waals surface area (Å²) in [6, 6.07) is 19.0. The Hall–Kier alpha value is -4.24. The minimum atomic E-state index is -0.215. The summed E-state index contributed by atoms with van der Waals surface area (Å²) in [5.74, 6) is 1.57. The standard InChI is InChI=1S/C25H20ClN7O2/c1-15-24-19(18-4-2-3-5-20(18)35-13-16-6-8-17(26)9-7-16)12-23(34)28-25(24)33(30-15)22-11-10-21-29-27-14-32(21)31-22/h2-11,14,19H,12-13H2,1H3,(H,28,34). The van der Waals surface area contributed by atoms with E-state index in [1.165, 1.54) is 6.33 Å². The molecule has 10 heteroatoms. The molecule has 1 unspecified atom stereocenters. The van der Waals surface area contributed by atoms with Crippen LogP contribution in [0.4, 0.5) is 5.82 Å². The van der Waals surface area contributed by atoms with Crippen molar-refractivity contribution >= 4 is 29.0 Å². The minimum Gasteiger partial charge on any atom is -0.489 e. The van der Waals surface area contributed by atoms with Gasteiger partial charge in [0.15, 0.2) is 11.5 Å². The maximum absolute atomic E-state index is 12.8. The quantitative estimate of drug-likeness (QED) is 0.398. The summed E-state index contributed by atoms with van der Waals surface area (Å²) in [6.45, 7) is 2.33. The number of hydrogen-bond donors (Lipinski definition) is 1. The van der Waals surface area contributed by atoms with Crippen molar-refractivity contribution in [3.05, 3.63) is 94.4 Å². The van der Waals surface area contributed by atoms with E-state index < -0.39 is 0 Å². The van der Waals surface area contributed by atoms with Gasteiger partial charge in [0.25, 0.3) is 0 Å². The van der Waals surface area contributed by atoms with Crippen molar-refractivity contribution in [1.29, 1.82) is 0 Å². The zero-order valence-corrected chi connectivity index (χ0v) is 19.5. The Labute approximate surface area is 205 Å². The van der Waals surface area contributed by atoms with Gasteiger partial charge in [-0.3, -0.25) is 4.79 Å². The molecule has 35 heavy (non-hydrogen) atoms. The molecule has 0 bridgehead atoms. The van der Waals surface area contributed by atoms with Crippen molar-refractivity contribution in [3.63, 3.8) is 0 Å². The number of ether oxygens (including phenoxy) is 1. The van der Waals surface area contributed by atoms with Crippen LogP contribution in [0.1, 0.15) is 34.7 Å². The summed E-state index contributed by atoms with van der Waals surface area (Å²) in [6.07, 6.45) is 1.82. The lowest BCUT2D eigenvalue weighted by molar-refractivity contribution is -0.116. The number of anilines is 1. The lowest BCUT2D eigenvalue weighted by atomic mass is 9.85. The highest BCUT2D eigenvalue weighted by molar-refractivity contribution is 6.30. The molecule has 0 saturated heterocycles. The molecule has 0 saturated carbocycles. The summed E-state index contributed by atoms with van der Waals surface area (Å²) < 4.78 is 9.43. The Kier molecular flexibility index (Phi) is 5.18. The van der Waals surface area contributed by atoms with E-state index in [4.69, 9.17) is 21.4 Å². The third kappa shape index (κ3) is 3.89. The van der Waals surface area contributed by atoms with Crippen LogP contribution in [-0.4, -0.2) is 35.5 Å². The smallest absolute Gasteiger partial charge is 0.226 e. The number of carbonyl (C=O) groups excluding carboxylic acids is 1. The molecule has 6 rings (SSSR count). The molecule has 1 aliphatic heterocycles. The number of aromatic nitrogens is 6. The third-order valence-electron chi connectivity index (χ3n) is 6.07. The van der Waals surface area contributed by atoms with Crippen molar-refractivity contribution in [2.45, 2.75) is 25.9 Å². The number of amides is 1. The monoisotopic (exact) mass is 485 g/mol. The van der Waals surface area contributed by atoms with E-state index in [1.807, 2.05) is 55.5 Å². The first-order valence-corrected chi connectivity index (χ1v) is 11.5. The van der Waals surface area contributed by atoms with Gasteiger partial charge in [0.05, 0.1) is 5.69 Å². The number of nitrogens with one attached hydrogen (secondary N) is 1. The second-order valence-corrected chi connectivity index (χ2v) is 8.78. The number of fused-ring (bicyclic) bond motifs is 2. The van der Waals surface area contributed by atoms with Crippen LogP contribution in [0, 0.1) is 6.92 Å². The summed E-state index contributed by atoms with van der Waals surface area (Å²) in [5, 5.41) is 20.8. The fourth-order valence-corrected chi connectivity index (χ4v) is 4.58. The molecule has 0 spiro atoms. The van der Waals surface area contributed by atoms with Crippen molar-refractivity contribution in [3.8, 4) is 11.6 Å². The molecule has 1 atom stereocenters. The average Bonchev–Trinajstić information content (AvgIpc) is 3.47. The van der Waals surface area contributed by atoms with Gasteiger partial charge in [0, 0.05) is 28.5 Å². The topological polar surface area (TPSA) is 99.2 Å². The average molecular weight is 486 g/mol. The van der Waals surface area contributed by atoms with E-state index in [9.17, 15) is 4.79 Å². The van der Waals surface area contributed by atoms with Gasteiger partial charge in [-0.05, 0) is 42.8 Å². The highest BCUT2D eigenvalue weighted by atomic mass is 35.5. The fraction of sp³-hybridized carbons (Fsp3) is 0.160. The molecule has 1 amide bonds. The molecular formula is C25H20ClN7O2. The lowest BCUT2D eigenvalue weighted by Gasteiger charge is -2.26. The second kappa shape index (κ2) is 8.52. The molecule has 3 aromatic heterocycles. The van der Waals surface area contributed by atoms with Crippen LogP contribution in [0.2, 0.25) is 5.02 Å². The van der Waals surface area contributed by atoms with Crippen molar-refractivity contribution in [2.24, 2.45) is 0 Å². The Bertz CT molecular complexity index is 1560. The first-order valence-electron chi connectivity index (χ1n) is 11.1. The lowest BCUT2D eigenvalue weighted by Crippen LogP contribution is -2.25. The molecule has 2 aromatic carbocycles. The predicted molar refractivity (Wildman–Crippen MR) is 130 cm³/mol. The summed E-state index contributed by atoms with van der Waals surface area (Å²) >= 11 is 6.00. The number of carbonyl (C=O) groups is 1. The molecular weight excluding hydrogens is 466 g/mol. The minimum absolute atomic E-state index is 0.0958. The summed E-state index contributed by atoms with van der Waals surface area (Å²) in [4.78, 5) is 12.8. The van der Waals surface area contributed by atoms with Crippen molar-refractivity contribution < 1.29 is 9.53 Å². The summed E-state index contributed by atoms with van der Waals surface area (Å²) in [7, 11) is 0. The van der Waals surface area contributed by atoms with Gasteiger partial charge in [0.1, 0.15) is 24.5 Å². The first kappa shape index (κ1) is 21.3. The van der Waals surface area contributed by atoms with E-state index >= 15 is 0 Å². The van der Waals surface area contributed by atoms with E-state index in [-0.39, 0.29) is 11.8 Å². The third-order valence-corrected chi connectivity index (χ3v) is 6.32. The van der Waals surface area contributed by atoms with E-state index in [1.54, 1.807) is 21.3 Å². The zero-order valence-electron chi connectivity index (χ0n) is 18.7. The van der Waals surface area contributed by atoms with Crippen LogP contribution >= 0.6 is 11.6 Å². The molecule has 0 radical (unpaired) electrons. The second-order valence-electron chi connectivity index (χ2n) is 8.34. The highest BCUT2D eigenvalue weighted by Crippen LogP contribution is 2.43. The predicted octanol–water partition coefficient (Wildman–Crippen LogP) is 4.32. The number of para-hydroxylation sites is 1. The Balaban J connectivity index is 1.39. The van der Waals surface area contributed by atoms with Gasteiger partial charge in [-0.15, -0.1) is 15.3 Å². The molecule has 1 aliphatic rings. The zero-order chi connectivity index (χ0) is 23.9. The highest BCUT2D eigenvalue weighted by Gasteiger charge is 2.34. The maximum Gasteiger partial charge on any atom is 0.226 e. The van der Waals surface area contributed by atoms with Crippen LogP contribution in [0.15, 0.2) is 67.0 Å². The number of rotatable bonds is 5. The van der Waals surface area contributed by atoms with Gasteiger partial charge in [-0.2, -0.15) is 14.3 Å². The molecule has 9 nitrogen and oxygen atoms in total. The van der Waals surface area contributed by atoms with Crippen molar-refractivity contribution in [2.75, 3.05) is 5.32 Å². The SMILES string of the molecule is Cc1nn(-c2ccc3nncn3n2)c2c1C(c1ccccc1OCc1ccc(Cl)cc1)CC(=O)N2. The molecule has 5 aromatic rings. The Morgan fingerprint density at radius 3 is 2.77 bits per heavy atom.